The first kappa shape index (κ1) is 21.6. The van der Waals surface area contributed by atoms with Gasteiger partial charge in [0.1, 0.15) is 11.6 Å². The average Bonchev–Trinajstić information content (AvgIpc) is 2.88. The molecule has 3 heterocycles. The fourth-order valence-corrected chi connectivity index (χ4v) is 4.09. The van der Waals surface area contributed by atoms with Crippen molar-refractivity contribution in [3.05, 3.63) is 52.4 Å². The van der Waals surface area contributed by atoms with Crippen molar-refractivity contribution in [1.29, 1.82) is 0 Å². The summed E-state index contributed by atoms with van der Waals surface area (Å²) in [5.74, 6) is 0.174. The molecule has 1 aliphatic rings. The summed E-state index contributed by atoms with van der Waals surface area (Å²) in [5.41, 5.74) is 5.13. The molecule has 4 rings (SSSR count). The quantitative estimate of drug-likeness (QED) is 0.509. The molecule has 1 atom stereocenters. The summed E-state index contributed by atoms with van der Waals surface area (Å²) in [7, 11) is 0. The smallest absolute Gasteiger partial charge is 0.404 e. The Bertz CT molecular complexity index is 1110. The largest absolute Gasteiger partial charge is 0.573 e. The Balaban J connectivity index is 1.85. The van der Waals surface area contributed by atoms with Crippen LogP contribution in [0.25, 0.3) is 22.6 Å². The van der Waals surface area contributed by atoms with Gasteiger partial charge in [-0.1, -0.05) is 11.6 Å². The second kappa shape index (κ2) is 8.16. The van der Waals surface area contributed by atoms with Gasteiger partial charge in [-0.2, -0.15) is 0 Å². The van der Waals surface area contributed by atoms with Crippen molar-refractivity contribution < 1.29 is 22.6 Å². The predicted octanol–water partition coefficient (Wildman–Crippen LogP) is 5.74. The van der Waals surface area contributed by atoms with Crippen LogP contribution < -0.4 is 4.74 Å². The molecule has 0 aliphatic carbocycles. The molecule has 1 aromatic carbocycles. The summed E-state index contributed by atoms with van der Waals surface area (Å²) in [6, 6.07) is 8.14. The van der Waals surface area contributed by atoms with Crippen LogP contribution >= 0.6 is 11.6 Å². The van der Waals surface area contributed by atoms with E-state index in [0.29, 0.717) is 31.0 Å². The van der Waals surface area contributed by atoms with Crippen molar-refractivity contribution in [2.75, 3.05) is 6.61 Å². The second-order valence-corrected chi connectivity index (χ2v) is 8.01. The highest BCUT2D eigenvalue weighted by molar-refractivity contribution is 6.32. The van der Waals surface area contributed by atoms with E-state index >= 15 is 0 Å². The average molecular weight is 452 g/mol. The number of hydrogen-bond acceptors (Lipinski definition) is 4. The Kier molecular flexibility index (Phi) is 5.70. The molecule has 0 saturated heterocycles. The van der Waals surface area contributed by atoms with Gasteiger partial charge in [0, 0.05) is 34.6 Å². The van der Waals surface area contributed by atoms with Gasteiger partial charge in [0.05, 0.1) is 30.0 Å². The van der Waals surface area contributed by atoms with E-state index in [1.54, 1.807) is 0 Å². The van der Waals surface area contributed by atoms with Crippen LogP contribution in [0.2, 0.25) is 5.02 Å². The standard InChI is InChI=1S/C22H21ClF3N3O2/c1-12-8-16(9-13(2)27-12)20-18-6-7-30-14(3)11-29(18)21(28-20)15-4-5-19(17(23)10-15)31-22(24,25)26/h4-5,8-10,14H,6-7,11H2,1-3H3/t14-/m1/s1. The minimum atomic E-state index is -4.81. The SMILES string of the molecule is Cc1cc(-c2nc(-c3ccc(OC(F)(F)F)c(Cl)c3)n3c2CCO[C@H](C)C3)cc(C)n1. The minimum Gasteiger partial charge on any atom is -0.404 e. The Morgan fingerprint density at radius 3 is 2.45 bits per heavy atom. The van der Waals surface area contributed by atoms with Crippen molar-refractivity contribution in [1.82, 2.24) is 14.5 Å². The number of fused-ring (bicyclic) bond motifs is 1. The summed E-state index contributed by atoms with van der Waals surface area (Å²) in [5, 5.41) is -0.137. The van der Waals surface area contributed by atoms with Crippen LogP contribution in [0.4, 0.5) is 13.2 Å². The minimum absolute atomic E-state index is 0.0359. The highest BCUT2D eigenvalue weighted by Gasteiger charge is 2.32. The van der Waals surface area contributed by atoms with Crippen molar-refractivity contribution in [3.8, 4) is 28.4 Å². The van der Waals surface area contributed by atoms with E-state index in [1.807, 2.05) is 32.9 Å². The number of benzene rings is 1. The molecule has 1 aliphatic heterocycles. The fourth-order valence-electron chi connectivity index (χ4n) is 3.87. The van der Waals surface area contributed by atoms with E-state index < -0.39 is 12.1 Å². The van der Waals surface area contributed by atoms with Gasteiger partial charge in [-0.15, -0.1) is 13.2 Å². The first-order chi connectivity index (χ1) is 14.6. The Morgan fingerprint density at radius 1 is 1.10 bits per heavy atom. The molecule has 5 nitrogen and oxygen atoms in total. The van der Waals surface area contributed by atoms with Gasteiger partial charge in [-0.25, -0.2) is 4.98 Å². The Hall–Kier alpha value is -2.58. The molecule has 31 heavy (non-hydrogen) atoms. The van der Waals surface area contributed by atoms with E-state index in [9.17, 15) is 13.2 Å². The number of imidazole rings is 1. The van der Waals surface area contributed by atoms with Crippen molar-refractivity contribution in [3.63, 3.8) is 0 Å². The molecule has 0 amide bonds. The number of hydrogen-bond donors (Lipinski definition) is 0. The van der Waals surface area contributed by atoms with Crippen molar-refractivity contribution in [2.45, 2.75) is 46.2 Å². The van der Waals surface area contributed by atoms with E-state index in [0.717, 1.165) is 28.3 Å². The zero-order valence-electron chi connectivity index (χ0n) is 17.3. The third-order valence-electron chi connectivity index (χ3n) is 5.02. The van der Waals surface area contributed by atoms with Gasteiger partial charge in [0.2, 0.25) is 0 Å². The third kappa shape index (κ3) is 4.70. The lowest BCUT2D eigenvalue weighted by Gasteiger charge is -2.14. The normalized spacial score (nSPS) is 16.7. The molecule has 0 saturated carbocycles. The molecule has 0 unspecified atom stereocenters. The fraction of sp³-hybridized carbons (Fsp3) is 0.364. The monoisotopic (exact) mass is 451 g/mol. The lowest BCUT2D eigenvalue weighted by atomic mass is 10.1. The first-order valence-electron chi connectivity index (χ1n) is 9.83. The van der Waals surface area contributed by atoms with Crippen LogP contribution in [0.1, 0.15) is 24.0 Å². The number of aromatic nitrogens is 3. The first-order valence-corrected chi connectivity index (χ1v) is 10.2. The summed E-state index contributed by atoms with van der Waals surface area (Å²) >= 11 is 6.10. The highest BCUT2D eigenvalue weighted by atomic mass is 35.5. The lowest BCUT2D eigenvalue weighted by Crippen LogP contribution is -2.17. The number of halogens is 4. The van der Waals surface area contributed by atoms with Gasteiger partial charge < -0.3 is 14.0 Å². The van der Waals surface area contributed by atoms with Crippen LogP contribution in [0.15, 0.2) is 30.3 Å². The number of pyridine rings is 1. The summed E-state index contributed by atoms with van der Waals surface area (Å²) in [6.45, 7) is 6.96. The van der Waals surface area contributed by atoms with Crippen molar-refractivity contribution in [2.24, 2.45) is 0 Å². The highest BCUT2D eigenvalue weighted by Crippen LogP contribution is 2.36. The molecule has 9 heteroatoms. The van der Waals surface area contributed by atoms with Gasteiger partial charge in [-0.3, -0.25) is 4.98 Å². The molecule has 0 spiro atoms. The van der Waals surface area contributed by atoms with E-state index in [4.69, 9.17) is 21.3 Å². The van der Waals surface area contributed by atoms with E-state index in [2.05, 4.69) is 14.3 Å². The zero-order valence-corrected chi connectivity index (χ0v) is 18.0. The molecular formula is C22H21ClF3N3O2. The van der Waals surface area contributed by atoms with Crippen LogP contribution in [0, 0.1) is 13.8 Å². The lowest BCUT2D eigenvalue weighted by molar-refractivity contribution is -0.274. The summed E-state index contributed by atoms with van der Waals surface area (Å²) < 4.78 is 49.7. The molecule has 164 valence electrons. The van der Waals surface area contributed by atoms with E-state index in [-0.39, 0.29) is 11.1 Å². The number of nitrogens with zero attached hydrogens (tertiary/aromatic N) is 3. The summed E-state index contributed by atoms with van der Waals surface area (Å²) in [6.07, 6.45) is -4.19. The summed E-state index contributed by atoms with van der Waals surface area (Å²) in [4.78, 5) is 9.33. The molecule has 3 aromatic rings. The van der Waals surface area contributed by atoms with Gasteiger partial charge >= 0.3 is 6.36 Å². The number of aryl methyl sites for hydroxylation is 2. The molecule has 0 fully saturated rings. The van der Waals surface area contributed by atoms with Gasteiger partial charge in [0.25, 0.3) is 0 Å². The second-order valence-electron chi connectivity index (χ2n) is 7.60. The number of ether oxygens (including phenoxy) is 2. The van der Waals surface area contributed by atoms with Crippen LogP contribution in [-0.2, 0) is 17.7 Å². The molecule has 0 N–H and O–H groups in total. The molecular weight excluding hydrogens is 431 g/mol. The molecule has 0 radical (unpaired) electrons. The third-order valence-corrected chi connectivity index (χ3v) is 5.32. The van der Waals surface area contributed by atoms with Crippen LogP contribution in [0.3, 0.4) is 0 Å². The predicted molar refractivity (Wildman–Crippen MR) is 111 cm³/mol. The van der Waals surface area contributed by atoms with E-state index in [1.165, 1.54) is 18.2 Å². The number of rotatable bonds is 3. The Morgan fingerprint density at radius 2 is 1.81 bits per heavy atom. The maximum Gasteiger partial charge on any atom is 0.573 e. The maximum absolute atomic E-state index is 12.6. The number of alkyl halides is 3. The van der Waals surface area contributed by atoms with Crippen LogP contribution in [0.5, 0.6) is 5.75 Å². The molecule has 0 bridgehead atoms. The van der Waals surface area contributed by atoms with Gasteiger partial charge in [0.15, 0.2) is 0 Å². The maximum atomic E-state index is 12.6. The zero-order chi connectivity index (χ0) is 22.3. The topological polar surface area (TPSA) is 49.2 Å². The van der Waals surface area contributed by atoms with Crippen LogP contribution in [-0.4, -0.2) is 33.6 Å². The van der Waals surface area contributed by atoms with Gasteiger partial charge in [-0.05, 0) is 51.1 Å². The van der Waals surface area contributed by atoms with Crippen molar-refractivity contribution >= 4 is 11.6 Å². The Labute approximate surface area is 182 Å². The molecule has 2 aromatic heterocycles.